The zero-order valence-corrected chi connectivity index (χ0v) is 19.4. The van der Waals surface area contributed by atoms with Crippen LogP contribution < -0.4 is 0 Å². The fourth-order valence-corrected chi connectivity index (χ4v) is 5.58. The SMILES string of the molecule is O=C1CC2=C(CCCCCCCCC2)N=C1c1ccnc2c1CCCCCCCCC2. The second kappa shape index (κ2) is 11.7. The van der Waals surface area contributed by atoms with E-state index in [4.69, 9.17) is 9.98 Å². The van der Waals surface area contributed by atoms with Crippen molar-refractivity contribution in [2.75, 3.05) is 0 Å². The Balaban J connectivity index is 1.65. The summed E-state index contributed by atoms with van der Waals surface area (Å²) in [5.41, 5.74) is 6.93. The molecular formula is C28H40N2O. The van der Waals surface area contributed by atoms with Crippen molar-refractivity contribution in [1.82, 2.24) is 4.98 Å². The molecule has 0 saturated carbocycles. The van der Waals surface area contributed by atoms with Crippen LogP contribution in [0.4, 0.5) is 0 Å². The molecule has 1 aromatic rings. The van der Waals surface area contributed by atoms with Gasteiger partial charge in [0.05, 0.1) is 0 Å². The first-order valence-corrected chi connectivity index (χ1v) is 13.1. The fraction of sp³-hybridized carbons (Fsp3) is 0.679. The summed E-state index contributed by atoms with van der Waals surface area (Å²) in [6, 6.07) is 2.08. The molecule has 1 aromatic heterocycles. The molecule has 3 aliphatic rings. The molecule has 2 aliphatic carbocycles. The van der Waals surface area contributed by atoms with Gasteiger partial charge >= 0.3 is 0 Å². The van der Waals surface area contributed by atoms with Crippen molar-refractivity contribution in [1.29, 1.82) is 0 Å². The first-order valence-electron chi connectivity index (χ1n) is 13.1. The molecule has 31 heavy (non-hydrogen) atoms. The fourth-order valence-electron chi connectivity index (χ4n) is 5.58. The van der Waals surface area contributed by atoms with Gasteiger partial charge in [0.25, 0.3) is 0 Å². The lowest BCUT2D eigenvalue weighted by Gasteiger charge is -2.21. The third-order valence-corrected chi connectivity index (χ3v) is 7.43. The Kier molecular flexibility index (Phi) is 8.49. The van der Waals surface area contributed by atoms with Gasteiger partial charge in [-0.25, -0.2) is 4.99 Å². The number of aliphatic imine (C=N–C) groups is 1. The topological polar surface area (TPSA) is 42.3 Å². The smallest absolute Gasteiger partial charge is 0.185 e. The minimum Gasteiger partial charge on any atom is -0.292 e. The zero-order valence-electron chi connectivity index (χ0n) is 19.4. The van der Waals surface area contributed by atoms with E-state index in [-0.39, 0.29) is 5.78 Å². The van der Waals surface area contributed by atoms with Gasteiger partial charge in [0.2, 0.25) is 0 Å². The number of rotatable bonds is 1. The molecule has 3 nitrogen and oxygen atoms in total. The van der Waals surface area contributed by atoms with E-state index in [1.165, 1.54) is 112 Å². The molecule has 0 aromatic carbocycles. The molecular weight excluding hydrogens is 380 g/mol. The number of carbonyl (C=O) groups excluding carboxylic acids is 1. The van der Waals surface area contributed by atoms with Gasteiger partial charge in [-0.05, 0) is 68.6 Å². The Bertz CT molecular complexity index is 820. The lowest BCUT2D eigenvalue weighted by Crippen LogP contribution is -2.23. The monoisotopic (exact) mass is 420 g/mol. The maximum Gasteiger partial charge on any atom is 0.185 e. The van der Waals surface area contributed by atoms with Gasteiger partial charge < -0.3 is 0 Å². The zero-order chi connectivity index (χ0) is 21.3. The van der Waals surface area contributed by atoms with Gasteiger partial charge in [-0.1, -0.05) is 64.2 Å². The predicted molar refractivity (Wildman–Crippen MR) is 129 cm³/mol. The standard InChI is InChI=1S/C28H40N2O/c31-27-21-22-15-11-7-3-1-5-9-13-17-25(22)30-28(27)24-19-20-29-26-18-14-10-6-2-4-8-12-16-23(24)26/h19-20H,1-18,21H2. The number of nitrogens with zero attached hydrogens (tertiary/aromatic N) is 2. The van der Waals surface area contributed by atoms with Crippen molar-refractivity contribution < 1.29 is 4.79 Å². The average Bonchev–Trinajstić information content (AvgIpc) is 2.87. The number of Topliss-reactive ketones (excluding diaryl/α,β-unsaturated/α-hetero) is 1. The van der Waals surface area contributed by atoms with E-state index in [2.05, 4.69) is 6.07 Å². The highest BCUT2D eigenvalue weighted by Crippen LogP contribution is 2.31. The number of carbonyl (C=O) groups is 1. The third-order valence-electron chi connectivity index (χ3n) is 7.43. The summed E-state index contributed by atoms with van der Waals surface area (Å²) in [7, 11) is 0. The molecule has 3 heteroatoms. The van der Waals surface area contributed by atoms with Crippen LogP contribution in [0.3, 0.4) is 0 Å². The molecule has 0 fully saturated rings. The molecule has 0 amide bonds. The number of hydrogen-bond donors (Lipinski definition) is 0. The minimum absolute atomic E-state index is 0.233. The quantitative estimate of drug-likeness (QED) is 0.473. The van der Waals surface area contributed by atoms with E-state index in [9.17, 15) is 4.79 Å². The second-order valence-electron chi connectivity index (χ2n) is 9.84. The van der Waals surface area contributed by atoms with Crippen LogP contribution in [0.15, 0.2) is 28.5 Å². The Morgan fingerprint density at radius 3 is 1.94 bits per heavy atom. The first-order chi connectivity index (χ1) is 15.3. The van der Waals surface area contributed by atoms with E-state index in [0.29, 0.717) is 6.42 Å². The van der Waals surface area contributed by atoms with Crippen LogP contribution in [-0.4, -0.2) is 16.5 Å². The summed E-state index contributed by atoms with van der Waals surface area (Å²) in [5, 5.41) is 0. The van der Waals surface area contributed by atoms with Gasteiger partial charge in [-0.15, -0.1) is 0 Å². The van der Waals surface area contributed by atoms with Gasteiger partial charge in [0.15, 0.2) is 5.78 Å². The van der Waals surface area contributed by atoms with Gasteiger partial charge in [0.1, 0.15) is 5.71 Å². The number of hydrogen-bond acceptors (Lipinski definition) is 3. The van der Waals surface area contributed by atoms with Crippen LogP contribution >= 0.6 is 0 Å². The lowest BCUT2D eigenvalue weighted by molar-refractivity contribution is -0.112. The Labute approximate surface area is 188 Å². The van der Waals surface area contributed by atoms with Crippen LogP contribution in [-0.2, 0) is 17.6 Å². The molecule has 0 bridgehead atoms. The van der Waals surface area contributed by atoms with Crippen molar-refractivity contribution in [3.05, 3.63) is 40.4 Å². The number of allylic oxidation sites excluding steroid dienone is 2. The molecule has 168 valence electrons. The highest BCUT2D eigenvalue weighted by Gasteiger charge is 2.26. The van der Waals surface area contributed by atoms with Crippen LogP contribution in [0.25, 0.3) is 0 Å². The van der Waals surface area contributed by atoms with E-state index < -0.39 is 0 Å². The van der Waals surface area contributed by atoms with E-state index >= 15 is 0 Å². The molecule has 0 radical (unpaired) electrons. The normalized spacial score (nSPS) is 22.5. The first kappa shape index (κ1) is 22.4. The number of fused-ring (bicyclic) bond motifs is 1. The Morgan fingerprint density at radius 1 is 0.645 bits per heavy atom. The van der Waals surface area contributed by atoms with Crippen LogP contribution in [0.1, 0.15) is 126 Å². The van der Waals surface area contributed by atoms with E-state index in [0.717, 1.165) is 37.0 Å². The van der Waals surface area contributed by atoms with Crippen LogP contribution in [0.2, 0.25) is 0 Å². The minimum atomic E-state index is 0.233. The summed E-state index contributed by atoms with van der Waals surface area (Å²) in [4.78, 5) is 23.2. The van der Waals surface area contributed by atoms with E-state index in [1.807, 2.05) is 6.20 Å². The summed E-state index contributed by atoms with van der Waals surface area (Å²) >= 11 is 0. The van der Waals surface area contributed by atoms with Gasteiger partial charge in [0, 0.05) is 29.6 Å². The highest BCUT2D eigenvalue weighted by molar-refractivity contribution is 6.47. The summed E-state index contributed by atoms with van der Waals surface area (Å²) < 4.78 is 0. The van der Waals surface area contributed by atoms with Crippen molar-refractivity contribution in [3.8, 4) is 0 Å². The van der Waals surface area contributed by atoms with Gasteiger partial charge in [-0.3, -0.25) is 9.78 Å². The molecule has 2 heterocycles. The van der Waals surface area contributed by atoms with Crippen molar-refractivity contribution >= 4 is 11.5 Å². The molecule has 0 spiro atoms. The summed E-state index contributed by atoms with van der Waals surface area (Å²) in [5.74, 6) is 0.233. The average molecular weight is 421 g/mol. The number of aryl methyl sites for hydroxylation is 1. The third kappa shape index (κ3) is 6.14. The van der Waals surface area contributed by atoms with E-state index in [1.54, 1.807) is 0 Å². The molecule has 4 rings (SSSR count). The maximum atomic E-state index is 13.3. The lowest BCUT2D eigenvalue weighted by atomic mass is 9.88. The Morgan fingerprint density at radius 2 is 1.23 bits per heavy atom. The Hall–Kier alpha value is -1.77. The molecule has 0 atom stereocenters. The number of ketones is 1. The summed E-state index contributed by atoms with van der Waals surface area (Å²) in [6.45, 7) is 0. The van der Waals surface area contributed by atoms with Crippen LogP contribution in [0, 0.1) is 0 Å². The second-order valence-corrected chi connectivity index (χ2v) is 9.84. The van der Waals surface area contributed by atoms with Crippen molar-refractivity contribution in [2.45, 2.75) is 122 Å². The summed E-state index contributed by atoms with van der Waals surface area (Å²) in [6.07, 6.45) is 24.8. The molecule has 0 saturated heterocycles. The molecule has 0 unspecified atom stereocenters. The largest absolute Gasteiger partial charge is 0.292 e. The molecule has 0 N–H and O–H groups in total. The highest BCUT2D eigenvalue weighted by atomic mass is 16.1. The predicted octanol–water partition coefficient (Wildman–Crippen LogP) is 7.45. The number of aromatic nitrogens is 1. The van der Waals surface area contributed by atoms with Gasteiger partial charge in [-0.2, -0.15) is 0 Å². The molecule has 1 aliphatic heterocycles. The van der Waals surface area contributed by atoms with Crippen molar-refractivity contribution in [2.24, 2.45) is 4.99 Å². The van der Waals surface area contributed by atoms with Crippen LogP contribution in [0.5, 0.6) is 0 Å². The number of pyridine rings is 1. The maximum absolute atomic E-state index is 13.3. The van der Waals surface area contributed by atoms with Crippen molar-refractivity contribution in [3.63, 3.8) is 0 Å².